The van der Waals surface area contributed by atoms with Gasteiger partial charge in [0, 0.05) is 19.2 Å². The quantitative estimate of drug-likeness (QED) is 0.608. The molecule has 0 spiro atoms. The van der Waals surface area contributed by atoms with Crippen LogP contribution >= 0.6 is 0 Å². The van der Waals surface area contributed by atoms with Gasteiger partial charge in [-0.1, -0.05) is 0 Å². The van der Waals surface area contributed by atoms with Crippen LogP contribution in [0.15, 0.2) is 18.2 Å². The molecular weight excluding hydrogens is 258 g/mol. The van der Waals surface area contributed by atoms with E-state index in [-0.39, 0.29) is 6.04 Å². The van der Waals surface area contributed by atoms with E-state index in [1.165, 1.54) is 7.11 Å². The Bertz CT molecular complexity index is 501. The highest BCUT2D eigenvalue weighted by Crippen LogP contribution is 2.30. The third-order valence-corrected chi connectivity index (χ3v) is 3.61. The van der Waals surface area contributed by atoms with Crippen LogP contribution in [-0.4, -0.2) is 45.7 Å². The fourth-order valence-corrected chi connectivity index (χ4v) is 2.67. The number of esters is 1. The molecular formula is C15H19NO4. The maximum atomic E-state index is 11.9. The van der Waals surface area contributed by atoms with Crippen LogP contribution in [0.25, 0.3) is 0 Å². The Morgan fingerprint density at radius 2 is 2.25 bits per heavy atom. The van der Waals surface area contributed by atoms with E-state index in [0.717, 1.165) is 31.4 Å². The molecule has 0 aliphatic carbocycles. The molecule has 1 atom stereocenters. The average Bonchev–Trinajstić information content (AvgIpc) is 2.94. The zero-order valence-electron chi connectivity index (χ0n) is 11.8. The van der Waals surface area contributed by atoms with Crippen molar-refractivity contribution in [3.05, 3.63) is 29.3 Å². The Morgan fingerprint density at radius 1 is 1.45 bits per heavy atom. The molecule has 20 heavy (non-hydrogen) atoms. The van der Waals surface area contributed by atoms with E-state index in [9.17, 15) is 9.59 Å². The summed E-state index contributed by atoms with van der Waals surface area (Å²) in [7, 11) is 3.02. The van der Waals surface area contributed by atoms with Crippen LogP contribution < -0.4 is 4.90 Å². The van der Waals surface area contributed by atoms with E-state index in [1.807, 2.05) is 6.07 Å². The molecule has 1 aromatic rings. The first-order chi connectivity index (χ1) is 9.71. The Hall–Kier alpha value is -1.88. The van der Waals surface area contributed by atoms with Crippen LogP contribution in [0.5, 0.6) is 0 Å². The maximum absolute atomic E-state index is 11.9. The molecule has 1 aliphatic heterocycles. The average molecular weight is 277 g/mol. The predicted octanol–water partition coefficient (Wildman–Crippen LogP) is 1.90. The highest BCUT2D eigenvalue weighted by Gasteiger charge is 2.28. The van der Waals surface area contributed by atoms with Crippen molar-refractivity contribution in [3.63, 3.8) is 0 Å². The number of hydrogen-bond acceptors (Lipinski definition) is 5. The van der Waals surface area contributed by atoms with E-state index >= 15 is 0 Å². The van der Waals surface area contributed by atoms with Crippen molar-refractivity contribution in [1.29, 1.82) is 0 Å². The maximum Gasteiger partial charge on any atom is 0.339 e. The zero-order valence-corrected chi connectivity index (χ0v) is 11.8. The van der Waals surface area contributed by atoms with Gasteiger partial charge in [0.1, 0.15) is 6.29 Å². The fraction of sp³-hybridized carbons (Fsp3) is 0.467. The third-order valence-electron chi connectivity index (χ3n) is 3.61. The van der Waals surface area contributed by atoms with Crippen molar-refractivity contribution < 1.29 is 19.1 Å². The summed E-state index contributed by atoms with van der Waals surface area (Å²) < 4.78 is 10.1. The van der Waals surface area contributed by atoms with Crippen LogP contribution in [0.1, 0.15) is 33.6 Å². The molecule has 2 rings (SSSR count). The number of anilines is 1. The number of hydrogen-bond donors (Lipinski definition) is 0. The second kappa shape index (κ2) is 6.52. The first kappa shape index (κ1) is 14.5. The lowest BCUT2D eigenvalue weighted by Crippen LogP contribution is -2.34. The van der Waals surface area contributed by atoms with Crippen molar-refractivity contribution in [3.8, 4) is 0 Å². The molecule has 0 aromatic heterocycles. The number of aldehydes is 1. The third kappa shape index (κ3) is 2.82. The minimum Gasteiger partial charge on any atom is -0.465 e. The fourth-order valence-electron chi connectivity index (χ4n) is 2.67. The molecule has 108 valence electrons. The molecule has 0 bridgehead atoms. The minimum atomic E-state index is -0.424. The van der Waals surface area contributed by atoms with Crippen molar-refractivity contribution in [2.75, 3.05) is 32.3 Å². The van der Waals surface area contributed by atoms with Gasteiger partial charge in [0.25, 0.3) is 0 Å². The molecule has 1 aliphatic rings. The number of ether oxygens (including phenoxy) is 2. The number of nitrogens with zero attached hydrogens (tertiary/aromatic N) is 1. The summed E-state index contributed by atoms with van der Waals surface area (Å²) in [5.41, 5.74) is 1.71. The van der Waals surface area contributed by atoms with Gasteiger partial charge in [-0.15, -0.1) is 0 Å². The lowest BCUT2D eigenvalue weighted by Gasteiger charge is -2.28. The summed E-state index contributed by atoms with van der Waals surface area (Å²) >= 11 is 0. The van der Waals surface area contributed by atoms with E-state index < -0.39 is 5.97 Å². The summed E-state index contributed by atoms with van der Waals surface area (Å²) in [6, 6.07) is 5.36. The molecule has 1 aromatic carbocycles. The van der Waals surface area contributed by atoms with E-state index in [2.05, 4.69) is 4.90 Å². The van der Waals surface area contributed by atoms with Crippen molar-refractivity contribution in [2.45, 2.75) is 18.9 Å². The van der Waals surface area contributed by atoms with E-state index in [0.29, 0.717) is 17.7 Å². The highest BCUT2D eigenvalue weighted by atomic mass is 16.5. The standard InChI is InChI=1S/C15H19NO4/c1-19-10-12-4-3-7-16(12)14-6-5-11(9-17)8-13(14)15(18)20-2/h5-6,8-9,12H,3-4,7,10H2,1-2H3. The van der Waals surface area contributed by atoms with Gasteiger partial charge >= 0.3 is 5.97 Å². The summed E-state index contributed by atoms with van der Waals surface area (Å²) in [4.78, 5) is 25.0. The summed E-state index contributed by atoms with van der Waals surface area (Å²) in [6.07, 6.45) is 2.82. The number of benzene rings is 1. The van der Waals surface area contributed by atoms with Gasteiger partial charge in [0.05, 0.1) is 31.0 Å². The number of carbonyl (C=O) groups excluding carboxylic acids is 2. The topological polar surface area (TPSA) is 55.8 Å². The molecule has 5 nitrogen and oxygen atoms in total. The first-order valence-corrected chi connectivity index (χ1v) is 6.64. The Balaban J connectivity index is 2.39. The molecule has 0 saturated carbocycles. The molecule has 1 fully saturated rings. The van der Waals surface area contributed by atoms with Gasteiger partial charge in [-0.2, -0.15) is 0 Å². The Labute approximate surface area is 118 Å². The van der Waals surface area contributed by atoms with Crippen LogP contribution in [0, 0.1) is 0 Å². The Kier molecular flexibility index (Phi) is 4.74. The lowest BCUT2D eigenvalue weighted by atomic mass is 10.1. The number of rotatable bonds is 5. The van der Waals surface area contributed by atoms with Gasteiger partial charge in [0.15, 0.2) is 0 Å². The van der Waals surface area contributed by atoms with Crippen LogP contribution in [0.4, 0.5) is 5.69 Å². The van der Waals surface area contributed by atoms with Crippen LogP contribution in [0.3, 0.4) is 0 Å². The largest absolute Gasteiger partial charge is 0.465 e. The summed E-state index contributed by atoms with van der Waals surface area (Å²) in [6.45, 7) is 1.49. The van der Waals surface area contributed by atoms with Crippen molar-refractivity contribution >= 4 is 17.9 Å². The van der Waals surface area contributed by atoms with E-state index in [4.69, 9.17) is 9.47 Å². The minimum absolute atomic E-state index is 0.255. The lowest BCUT2D eigenvalue weighted by molar-refractivity contribution is 0.0601. The smallest absolute Gasteiger partial charge is 0.339 e. The van der Waals surface area contributed by atoms with E-state index in [1.54, 1.807) is 19.2 Å². The molecule has 5 heteroatoms. The molecule has 1 heterocycles. The monoisotopic (exact) mass is 277 g/mol. The summed E-state index contributed by atoms with van der Waals surface area (Å²) in [5.74, 6) is -0.424. The first-order valence-electron chi connectivity index (χ1n) is 6.64. The van der Waals surface area contributed by atoms with Gasteiger partial charge < -0.3 is 14.4 Å². The Morgan fingerprint density at radius 3 is 2.90 bits per heavy atom. The van der Waals surface area contributed by atoms with Crippen LogP contribution in [0.2, 0.25) is 0 Å². The molecule has 0 amide bonds. The van der Waals surface area contributed by atoms with Crippen molar-refractivity contribution in [2.24, 2.45) is 0 Å². The van der Waals surface area contributed by atoms with Crippen molar-refractivity contribution in [1.82, 2.24) is 0 Å². The van der Waals surface area contributed by atoms with Gasteiger partial charge in [0.2, 0.25) is 0 Å². The second-order valence-corrected chi connectivity index (χ2v) is 4.83. The van der Waals surface area contributed by atoms with Gasteiger partial charge in [-0.05, 0) is 31.0 Å². The second-order valence-electron chi connectivity index (χ2n) is 4.83. The number of methoxy groups -OCH3 is 2. The predicted molar refractivity (Wildman–Crippen MR) is 75.4 cm³/mol. The normalized spacial score (nSPS) is 18.1. The molecule has 1 saturated heterocycles. The molecule has 0 radical (unpaired) electrons. The zero-order chi connectivity index (χ0) is 14.5. The molecule has 1 unspecified atom stereocenters. The van der Waals surface area contributed by atoms with Crippen LogP contribution in [-0.2, 0) is 9.47 Å². The SMILES string of the molecule is COCC1CCCN1c1ccc(C=O)cc1C(=O)OC. The highest BCUT2D eigenvalue weighted by molar-refractivity contribution is 5.97. The van der Waals surface area contributed by atoms with Gasteiger partial charge in [-0.3, -0.25) is 4.79 Å². The van der Waals surface area contributed by atoms with Gasteiger partial charge in [-0.25, -0.2) is 4.79 Å². The number of carbonyl (C=O) groups is 2. The molecule has 0 N–H and O–H groups in total. The summed E-state index contributed by atoms with van der Waals surface area (Å²) in [5, 5.41) is 0.